The van der Waals surface area contributed by atoms with Crippen molar-refractivity contribution < 1.29 is 4.52 Å². The van der Waals surface area contributed by atoms with E-state index in [1.807, 2.05) is 29.8 Å². The molecule has 0 unspecified atom stereocenters. The van der Waals surface area contributed by atoms with E-state index in [1.165, 1.54) is 0 Å². The summed E-state index contributed by atoms with van der Waals surface area (Å²) in [6, 6.07) is 5.94. The highest BCUT2D eigenvalue weighted by molar-refractivity contribution is 5.46. The number of fused-ring (bicyclic) bond motifs is 1. The molecule has 23 heavy (non-hydrogen) atoms. The molecule has 4 rings (SSSR count). The van der Waals surface area contributed by atoms with Gasteiger partial charge in [-0.25, -0.2) is 9.67 Å². The lowest BCUT2D eigenvalue weighted by Crippen LogP contribution is -2.37. The Balaban J connectivity index is 1.38. The van der Waals surface area contributed by atoms with Gasteiger partial charge in [-0.3, -0.25) is 4.98 Å². The fourth-order valence-electron chi connectivity index (χ4n) is 2.76. The molecule has 0 aromatic carbocycles. The van der Waals surface area contributed by atoms with Gasteiger partial charge in [0.05, 0.1) is 13.1 Å². The Morgan fingerprint density at radius 1 is 1.35 bits per heavy atom. The van der Waals surface area contributed by atoms with E-state index in [4.69, 9.17) is 4.52 Å². The van der Waals surface area contributed by atoms with Crippen molar-refractivity contribution in [1.29, 1.82) is 0 Å². The third-order valence-electron chi connectivity index (χ3n) is 3.87. The molecule has 0 saturated carbocycles. The molecule has 4 heterocycles. The molecule has 8 heteroatoms. The second-order valence-electron chi connectivity index (χ2n) is 5.60. The molecule has 0 fully saturated rings. The van der Waals surface area contributed by atoms with Crippen LogP contribution >= 0.6 is 0 Å². The Morgan fingerprint density at radius 3 is 3.17 bits per heavy atom. The number of aryl methyl sites for hydroxylation is 2. The number of hydrogen-bond acceptors (Lipinski definition) is 7. The molecule has 0 radical (unpaired) electrons. The molecule has 118 valence electrons. The van der Waals surface area contributed by atoms with E-state index in [1.54, 1.807) is 6.20 Å². The van der Waals surface area contributed by atoms with Gasteiger partial charge in [0, 0.05) is 18.7 Å². The van der Waals surface area contributed by atoms with Gasteiger partial charge < -0.3 is 9.84 Å². The summed E-state index contributed by atoms with van der Waals surface area (Å²) in [5.41, 5.74) is 0.711. The number of hydrogen-bond donors (Lipinski definition) is 1. The minimum atomic E-state index is 0.328. The zero-order valence-electron chi connectivity index (χ0n) is 12.8. The maximum absolute atomic E-state index is 5.29. The van der Waals surface area contributed by atoms with Gasteiger partial charge in [-0.2, -0.15) is 10.1 Å². The molecule has 3 aromatic rings. The van der Waals surface area contributed by atoms with Crippen LogP contribution in [0.5, 0.6) is 0 Å². The van der Waals surface area contributed by atoms with E-state index >= 15 is 0 Å². The van der Waals surface area contributed by atoms with Crippen molar-refractivity contribution in [2.75, 3.05) is 0 Å². The lowest BCUT2D eigenvalue weighted by molar-refractivity contribution is 0.320. The molecule has 0 aliphatic carbocycles. The highest BCUT2D eigenvalue weighted by Crippen LogP contribution is 2.14. The predicted octanol–water partition coefficient (Wildman–Crippen LogP) is 1.14. The van der Waals surface area contributed by atoms with Crippen molar-refractivity contribution in [2.45, 2.75) is 38.9 Å². The van der Waals surface area contributed by atoms with Gasteiger partial charge in [-0.15, -0.1) is 0 Å². The van der Waals surface area contributed by atoms with E-state index in [2.05, 4.69) is 30.5 Å². The van der Waals surface area contributed by atoms with E-state index in [0.29, 0.717) is 30.0 Å². The minimum Gasteiger partial charge on any atom is -0.337 e. The summed E-state index contributed by atoms with van der Waals surface area (Å²) >= 11 is 0. The minimum absolute atomic E-state index is 0.328. The summed E-state index contributed by atoms with van der Waals surface area (Å²) in [7, 11) is 0. The molecule has 1 aliphatic heterocycles. The van der Waals surface area contributed by atoms with Crippen LogP contribution in [0.15, 0.2) is 28.9 Å². The van der Waals surface area contributed by atoms with Crippen molar-refractivity contribution >= 4 is 0 Å². The molecule has 8 nitrogen and oxygen atoms in total. The summed E-state index contributed by atoms with van der Waals surface area (Å²) in [6.07, 6.45) is 3.67. The van der Waals surface area contributed by atoms with Crippen LogP contribution in [-0.2, 0) is 19.5 Å². The summed E-state index contributed by atoms with van der Waals surface area (Å²) in [6.45, 7) is 3.27. The first-order valence-electron chi connectivity index (χ1n) is 7.65. The average molecular weight is 311 g/mol. The van der Waals surface area contributed by atoms with Crippen molar-refractivity contribution in [3.05, 3.63) is 41.9 Å². The Hall–Kier alpha value is -2.61. The van der Waals surface area contributed by atoms with Crippen LogP contribution in [0.2, 0.25) is 0 Å². The molecular formula is C15H17N7O. The van der Waals surface area contributed by atoms with Gasteiger partial charge in [0.15, 0.2) is 0 Å². The summed E-state index contributed by atoms with van der Waals surface area (Å²) < 4.78 is 7.26. The zero-order valence-corrected chi connectivity index (χ0v) is 12.8. The number of nitrogens with one attached hydrogen (secondary N) is 1. The van der Waals surface area contributed by atoms with E-state index in [9.17, 15) is 0 Å². The van der Waals surface area contributed by atoms with Crippen LogP contribution in [-0.4, -0.2) is 35.9 Å². The molecule has 1 N–H and O–H groups in total. The van der Waals surface area contributed by atoms with Gasteiger partial charge in [0.1, 0.15) is 17.3 Å². The molecule has 1 atom stereocenters. The Bertz CT molecular complexity index is 795. The van der Waals surface area contributed by atoms with Crippen molar-refractivity contribution in [2.24, 2.45) is 0 Å². The Morgan fingerprint density at radius 2 is 2.30 bits per heavy atom. The Labute approximate surface area is 133 Å². The first kappa shape index (κ1) is 14.0. The first-order chi connectivity index (χ1) is 11.3. The smallest absolute Gasteiger partial charge is 0.240 e. The van der Waals surface area contributed by atoms with Crippen LogP contribution in [0.25, 0.3) is 11.5 Å². The Kier molecular flexibility index (Phi) is 3.58. The number of aromatic nitrogens is 6. The van der Waals surface area contributed by atoms with Crippen LogP contribution < -0.4 is 5.32 Å². The lowest BCUT2D eigenvalue weighted by atomic mass is 10.1. The number of pyridine rings is 1. The summed E-state index contributed by atoms with van der Waals surface area (Å²) in [4.78, 5) is 13.0. The number of rotatable bonds is 4. The maximum Gasteiger partial charge on any atom is 0.240 e. The molecular weight excluding hydrogens is 294 g/mol. The predicted molar refractivity (Wildman–Crippen MR) is 81.2 cm³/mol. The molecule has 1 aliphatic rings. The molecule has 0 amide bonds. The first-order valence-corrected chi connectivity index (χ1v) is 7.65. The molecule has 0 bridgehead atoms. The lowest BCUT2D eigenvalue weighted by Gasteiger charge is -2.22. The van der Waals surface area contributed by atoms with Gasteiger partial charge in [-0.1, -0.05) is 11.2 Å². The topological polar surface area (TPSA) is 94.6 Å². The second kappa shape index (κ2) is 5.88. The van der Waals surface area contributed by atoms with Crippen LogP contribution in [0.1, 0.15) is 24.0 Å². The molecule has 0 saturated heterocycles. The average Bonchev–Trinajstić information content (AvgIpc) is 3.18. The van der Waals surface area contributed by atoms with Gasteiger partial charge in [0.2, 0.25) is 11.7 Å². The van der Waals surface area contributed by atoms with E-state index in [0.717, 1.165) is 31.0 Å². The third-order valence-corrected chi connectivity index (χ3v) is 3.87. The normalized spacial score (nSPS) is 17.2. The second-order valence-corrected chi connectivity index (χ2v) is 5.60. The molecule has 3 aromatic heterocycles. The van der Waals surface area contributed by atoms with E-state index in [-0.39, 0.29) is 0 Å². The largest absolute Gasteiger partial charge is 0.337 e. The fraction of sp³-hybridized carbons (Fsp3) is 0.400. The van der Waals surface area contributed by atoms with Gasteiger partial charge in [-0.05, 0) is 25.5 Å². The van der Waals surface area contributed by atoms with Crippen molar-refractivity contribution in [3.63, 3.8) is 0 Å². The summed E-state index contributed by atoms with van der Waals surface area (Å²) in [5, 5.41) is 11.8. The quantitative estimate of drug-likeness (QED) is 0.772. The fourth-order valence-corrected chi connectivity index (χ4v) is 2.76. The monoisotopic (exact) mass is 311 g/mol. The summed E-state index contributed by atoms with van der Waals surface area (Å²) in [5.74, 6) is 2.97. The standard InChI is InChI=1S/C15H17N7O/c1-10-18-13-6-5-11(9-22(13)20-10)17-8-14-19-15(21-23-14)12-4-2-3-7-16-12/h2-4,7,11,17H,5-6,8-9H2,1H3/t11-/m1/s1. The highest BCUT2D eigenvalue weighted by Gasteiger charge is 2.21. The highest BCUT2D eigenvalue weighted by atomic mass is 16.5. The van der Waals surface area contributed by atoms with Crippen LogP contribution in [0.4, 0.5) is 0 Å². The third kappa shape index (κ3) is 2.98. The maximum atomic E-state index is 5.29. The van der Waals surface area contributed by atoms with Crippen LogP contribution in [0, 0.1) is 6.92 Å². The van der Waals surface area contributed by atoms with Crippen molar-refractivity contribution in [1.82, 2.24) is 35.2 Å². The van der Waals surface area contributed by atoms with Gasteiger partial charge in [0.25, 0.3) is 0 Å². The zero-order chi connectivity index (χ0) is 15.6. The number of nitrogens with zero attached hydrogens (tertiary/aromatic N) is 6. The molecule has 0 spiro atoms. The van der Waals surface area contributed by atoms with Crippen LogP contribution in [0.3, 0.4) is 0 Å². The SMILES string of the molecule is Cc1nc2n(n1)C[C@H](NCc1nc(-c3ccccn3)no1)CC2. The van der Waals surface area contributed by atoms with Gasteiger partial charge >= 0.3 is 0 Å². The van der Waals surface area contributed by atoms with E-state index < -0.39 is 0 Å². The van der Waals surface area contributed by atoms with Crippen molar-refractivity contribution in [3.8, 4) is 11.5 Å².